The molecule has 0 aliphatic rings. The van der Waals surface area contributed by atoms with Crippen molar-refractivity contribution >= 4 is 46.0 Å². The third-order valence-corrected chi connectivity index (χ3v) is 6.79. The van der Waals surface area contributed by atoms with Crippen LogP contribution in [0.5, 0.6) is 5.75 Å². The zero-order valence-corrected chi connectivity index (χ0v) is 18.5. The van der Waals surface area contributed by atoms with Crippen LogP contribution in [0.25, 0.3) is 10.6 Å². The molecule has 0 aliphatic heterocycles. The largest absolute Gasteiger partial charge is 0.493 e. The van der Waals surface area contributed by atoms with Crippen molar-refractivity contribution in [3.05, 3.63) is 65.1 Å². The molecule has 0 saturated carbocycles. The number of thiazole rings is 1. The summed E-state index contributed by atoms with van der Waals surface area (Å²) in [7, 11) is 0. The van der Waals surface area contributed by atoms with Crippen molar-refractivity contribution in [3.63, 3.8) is 0 Å². The summed E-state index contributed by atoms with van der Waals surface area (Å²) >= 11 is 4.45. The van der Waals surface area contributed by atoms with Crippen LogP contribution in [-0.4, -0.2) is 27.7 Å². The van der Waals surface area contributed by atoms with E-state index in [-0.39, 0.29) is 12.3 Å². The second-order valence-corrected chi connectivity index (χ2v) is 9.08. The van der Waals surface area contributed by atoms with Gasteiger partial charge in [-0.15, -0.1) is 21.5 Å². The fourth-order valence-corrected chi connectivity index (χ4v) is 5.13. The number of carbonyl (C=O) groups excluding carboxylic acids is 1. The number of nitrogens with zero attached hydrogens (tertiary/aromatic N) is 3. The Hall–Kier alpha value is -2.75. The van der Waals surface area contributed by atoms with Crippen LogP contribution in [-0.2, 0) is 11.2 Å². The normalized spacial score (nSPS) is 10.7. The molecule has 0 spiro atoms. The lowest BCUT2D eigenvalue weighted by Gasteiger charge is -2.09. The van der Waals surface area contributed by atoms with Crippen LogP contribution >= 0.6 is 34.4 Å². The predicted molar refractivity (Wildman–Crippen MR) is 122 cm³/mol. The Morgan fingerprint density at radius 1 is 1.13 bits per heavy atom. The molecule has 2 heterocycles. The highest BCUT2D eigenvalue weighted by Crippen LogP contribution is 2.34. The topological polar surface area (TPSA) is 77.0 Å². The van der Waals surface area contributed by atoms with E-state index in [0.717, 1.165) is 36.9 Å². The number of carbonyl (C=O) groups is 1. The maximum Gasteiger partial charge on any atom is 0.230 e. The van der Waals surface area contributed by atoms with E-state index in [0.29, 0.717) is 6.61 Å². The van der Waals surface area contributed by atoms with E-state index >= 15 is 0 Å². The van der Waals surface area contributed by atoms with Gasteiger partial charge in [0.1, 0.15) is 16.3 Å². The first-order valence-corrected chi connectivity index (χ1v) is 11.8. The van der Waals surface area contributed by atoms with Crippen LogP contribution in [0.15, 0.2) is 68.7 Å². The predicted octanol–water partition coefficient (Wildman–Crippen LogP) is 5.39. The van der Waals surface area contributed by atoms with Crippen LogP contribution in [0.1, 0.15) is 12.6 Å². The number of aromatic nitrogens is 3. The third-order valence-electron chi connectivity index (χ3n) is 4.01. The molecule has 0 aliphatic carbocycles. The molecule has 0 bridgehead atoms. The summed E-state index contributed by atoms with van der Waals surface area (Å²) in [4.78, 5) is 18.2. The van der Waals surface area contributed by atoms with Crippen molar-refractivity contribution in [2.24, 2.45) is 0 Å². The molecule has 6 nitrogen and oxygen atoms in total. The number of nitrogens with one attached hydrogen (secondary N) is 1. The van der Waals surface area contributed by atoms with Crippen molar-refractivity contribution in [1.82, 2.24) is 15.2 Å². The van der Waals surface area contributed by atoms with Gasteiger partial charge in [0.25, 0.3) is 0 Å². The molecule has 2 aromatic heterocycles. The van der Waals surface area contributed by atoms with Gasteiger partial charge in [-0.25, -0.2) is 4.98 Å². The van der Waals surface area contributed by atoms with Crippen LogP contribution in [0, 0.1) is 0 Å². The van der Waals surface area contributed by atoms with Gasteiger partial charge in [-0.05, 0) is 31.2 Å². The Balaban J connectivity index is 1.45. The monoisotopic (exact) mass is 454 g/mol. The number of hydrogen-bond donors (Lipinski definition) is 1. The summed E-state index contributed by atoms with van der Waals surface area (Å²) in [5, 5.41) is 13.7. The van der Waals surface area contributed by atoms with Crippen molar-refractivity contribution in [3.8, 4) is 16.3 Å². The minimum Gasteiger partial charge on any atom is -0.493 e. The Kier molecular flexibility index (Phi) is 6.73. The Labute approximate surface area is 186 Å². The second kappa shape index (κ2) is 9.84. The van der Waals surface area contributed by atoms with Gasteiger partial charge in [-0.1, -0.05) is 47.4 Å². The van der Waals surface area contributed by atoms with Crippen LogP contribution in [0.4, 0.5) is 5.69 Å². The van der Waals surface area contributed by atoms with Gasteiger partial charge in [-0.3, -0.25) is 4.79 Å². The SMILES string of the molecule is CCOc1ccccc1-c1nc(CC(=O)Nc2ccccc2Sc2nncs2)cs1. The summed E-state index contributed by atoms with van der Waals surface area (Å²) in [5.74, 6) is 0.684. The number of anilines is 1. The molecule has 1 N–H and O–H groups in total. The molecule has 4 rings (SSSR count). The molecule has 2 aromatic carbocycles. The zero-order chi connectivity index (χ0) is 20.8. The van der Waals surface area contributed by atoms with Gasteiger partial charge in [0.05, 0.1) is 30.0 Å². The second-order valence-electron chi connectivity index (χ2n) is 6.10. The van der Waals surface area contributed by atoms with Gasteiger partial charge in [0.15, 0.2) is 4.34 Å². The molecule has 0 radical (unpaired) electrons. The van der Waals surface area contributed by atoms with Crippen molar-refractivity contribution in [1.29, 1.82) is 0 Å². The number of ether oxygens (including phenoxy) is 1. The summed E-state index contributed by atoms with van der Waals surface area (Å²) < 4.78 is 6.52. The molecular weight excluding hydrogens is 436 g/mol. The van der Waals surface area contributed by atoms with Crippen LogP contribution < -0.4 is 10.1 Å². The number of hydrogen-bond acceptors (Lipinski definition) is 8. The van der Waals surface area contributed by atoms with E-state index in [4.69, 9.17) is 4.74 Å². The highest BCUT2D eigenvalue weighted by Gasteiger charge is 2.14. The van der Waals surface area contributed by atoms with Gasteiger partial charge in [-0.2, -0.15) is 0 Å². The smallest absolute Gasteiger partial charge is 0.230 e. The van der Waals surface area contributed by atoms with Crippen LogP contribution in [0.2, 0.25) is 0 Å². The molecule has 152 valence electrons. The average molecular weight is 455 g/mol. The lowest BCUT2D eigenvalue weighted by Crippen LogP contribution is -2.15. The van der Waals surface area contributed by atoms with Gasteiger partial charge in [0.2, 0.25) is 5.91 Å². The van der Waals surface area contributed by atoms with E-state index in [1.165, 1.54) is 34.4 Å². The maximum absolute atomic E-state index is 12.6. The number of rotatable bonds is 8. The molecule has 0 saturated heterocycles. The molecular formula is C21H18N4O2S3. The average Bonchev–Trinajstić information content (AvgIpc) is 3.42. The van der Waals surface area contributed by atoms with E-state index in [1.807, 2.05) is 60.8 Å². The van der Waals surface area contributed by atoms with Gasteiger partial charge >= 0.3 is 0 Å². The van der Waals surface area contributed by atoms with Crippen molar-refractivity contribution < 1.29 is 9.53 Å². The fraction of sp³-hybridized carbons (Fsp3) is 0.143. The molecule has 1 amide bonds. The van der Waals surface area contributed by atoms with E-state index in [1.54, 1.807) is 5.51 Å². The van der Waals surface area contributed by atoms with E-state index in [9.17, 15) is 4.79 Å². The standard InChI is InChI=1S/C21H18N4O2S3/c1-2-27-17-9-5-3-7-15(17)20-23-14(12-28-20)11-19(26)24-16-8-4-6-10-18(16)30-21-25-22-13-29-21/h3-10,12-13H,2,11H2,1H3,(H,24,26). The zero-order valence-electron chi connectivity index (χ0n) is 16.1. The molecule has 0 unspecified atom stereocenters. The number of para-hydroxylation sites is 2. The molecule has 9 heteroatoms. The minimum absolute atomic E-state index is 0.116. The maximum atomic E-state index is 12.6. The first-order chi connectivity index (χ1) is 14.7. The minimum atomic E-state index is -0.116. The summed E-state index contributed by atoms with van der Waals surface area (Å²) in [5.41, 5.74) is 4.11. The number of amides is 1. The van der Waals surface area contributed by atoms with Crippen LogP contribution in [0.3, 0.4) is 0 Å². The summed E-state index contributed by atoms with van der Waals surface area (Å²) in [6.07, 6.45) is 0.200. The Morgan fingerprint density at radius 2 is 1.97 bits per heavy atom. The molecule has 30 heavy (non-hydrogen) atoms. The molecule has 4 aromatic rings. The lowest BCUT2D eigenvalue weighted by molar-refractivity contribution is -0.115. The first-order valence-electron chi connectivity index (χ1n) is 9.22. The molecule has 0 fully saturated rings. The summed E-state index contributed by atoms with van der Waals surface area (Å²) in [6.45, 7) is 2.54. The number of benzene rings is 2. The lowest BCUT2D eigenvalue weighted by atomic mass is 10.2. The van der Waals surface area contributed by atoms with E-state index < -0.39 is 0 Å². The van der Waals surface area contributed by atoms with Crippen molar-refractivity contribution in [2.75, 3.05) is 11.9 Å². The van der Waals surface area contributed by atoms with Gasteiger partial charge in [0, 0.05) is 10.3 Å². The first kappa shape index (κ1) is 20.5. The Bertz CT molecular complexity index is 1130. The quantitative estimate of drug-likeness (QED) is 0.384. The Morgan fingerprint density at radius 3 is 2.80 bits per heavy atom. The third kappa shape index (κ3) is 5.05. The van der Waals surface area contributed by atoms with Crippen molar-refractivity contribution in [2.45, 2.75) is 22.6 Å². The van der Waals surface area contributed by atoms with Gasteiger partial charge < -0.3 is 10.1 Å². The molecule has 0 atom stereocenters. The highest BCUT2D eigenvalue weighted by molar-refractivity contribution is 8.01. The fourth-order valence-electron chi connectivity index (χ4n) is 2.76. The highest BCUT2D eigenvalue weighted by atomic mass is 32.2. The van der Waals surface area contributed by atoms with E-state index in [2.05, 4.69) is 20.5 Å². The summed E-state index contributed by atoms with van der Waals surface area (Å²) in [6, 6.07) is 15.5.